The molecule has 1 amide bonds. The first-order chi connectivity index (χ1) is 8.19. The lowest BCUT2D eigenvalue weighted by Crippen LogP contribution is -2.41. The highest BCUT2D eigenvalue weighted by atomic mass is 32.1. The number of nitriles is 1. The second-order valence-electron chi connectivity index (χ2n) is 3.71. The van der Waals surface area contributed by atoms with E-state index in [2.05, 4.69) is 15.5 Å². The monoisotopic (exact) mass is 253 g/mol. The van der Waals surface area contributed by atoms with Crippen molar-refractivity contribution < 1.29 is 9.90 Å². The number of aromatic nitrogens is 2. The van der Waals surface area contributed by atoms with Gasteiger partial charge in [0.05, 0.1) is 0 Å². The number of carbonyl (C=O) groups is 1. The molecule has 1 fully saturated rings. The van der Waals surface area contributed by atoms with Crippen LogP contribution in [0.5, 0.6) is 0 Å². The van der Waals surface area contributed by atoms with Gasteiger partial charge in [-0.25, -0.2) is 4.79 Å². The van der Waals surface area contributed by atoms with Gasteiger partial charge in [0.1, 0.15) is 6.07 Å². The number of amides is 1. The van der Waals surface area contributed by atoms with E-state index in [0.29, 0.717) is 23.2 Å². The predicted molar refractivity (Wildman–Crippen MR) is 60.9 cm³/mol. The molecule has 17 heavy (non-hydrogen) atoms. The Hall–Kier alpha value is -1.88. The smallest absolute Gasteiger partial charge is 0.407 e. The molecule has 7 nitrogen and oxygen atoms in total. The van der Waals surface area contributed by atoms with Gasteiger partial charge in [0.25, 0.3) is 0 Å². The predicted octanol–water partition coefficient (Wildman–Crippen LogP) is 0.964. The van der Waals surface area contributed by atoms with Gasteiger partial charge in [-0.3, -0.25) is 0 Å². The van der Waals surface area contributed by atoms with Gasteiger partial charge in [-0.1, -0.05) is 11.3 Å². The third-order valence-corrected chi connectivity index (χ3v) is 3.37. The first kappa shape index (κ1) is 11.6. The van der Waals surface area contributed by atoms with Crippen LogP contribution < -0.4 is 5.32 Å². The molecule has 1 aromatic heterocycles. The van der Waals surface area contributed by atoms with Crippen LogP contribution in [-0.2, 0) is 0 Å². The molecule has 90 valence electrons. The van der Waals surface area contributed by atoms with Crippen molar-refractivity contribution in [3.05, 3.63) is 5.01 Å². The molecule has 0 spiro atoms. The summed E-state index contributed by atoms with van der Waals surface area (Å²) in [5.74, 6) is 0. The van der Waals surface area contributed by atoms with E-state index in [0.717, 1.165) is 12.8 Å². The normalized spacial score (nSPS) is 16.5. The maximum Gasteiger partial charge on any atom is 0.407 e. The maximum atomic E-state index is 10.7. The molecular weight excluding hydrogens is 242 g/mol. The highest BCUT2D eigenvalue weighted by Gasteiger charge is 2.22. The number of likely N-dealkylation sites (tertiary alicyclic amines) is 1. The average molecular weight is 253 g/mol. The molecule has 0 unspecified atom stereocenters. The first-order valence-corrected chi connectivity index (χ1v) is 5.98. The fraction of sp³-hybridized carbons (Fsp3) is 0.556. The van der Waals surface area contributed by atoms with Crippen LogP contribution in [0.3, 0.4) is 0 Å². The van der Waals surface area contributed by atoms with Gasteiger partial charge in [0.2, 0.25) is 10.1 Å². The lowest BCUT2D eigenvalue weighted by atomic mass is 10.1. The van der Waals surface area contributed by atoms with Crippen LogP contribution in [0.15, 0.2) is 0 Å². The molecule has 0 atom stereocenters. The molecule has 2 heterocycles. The van der Waals surface area contributed by atoms with Crippen molar-refractivity contribution >= 4 is 22.6 Å². The summed E-state index contributed by atoms with van der Waals surface area (Å²) in [6.07, 6.45) is 0.618. The number of carboxylic acid groups (broad SMARTS) is 1. The van der Waals surface area contributed by atoms with Crippen molar-refractivity contribution in [1.82, 2.24) is 15.1 Å². The zero-order chi connectivity index (χ0) is 12.3. The first-order valence-electron chi connectivity index (χ1n) is 5.17. The molecule has 1 aliphatic rings. The minimum absolute atomic E-state index is 0.199. The molecule has 1 aromatic rings. The number of hydrogen-bond acceptors (Lipinski definition) is 6. The van der Waals surface area contributed by atoms with Gasteiger partial charge in [0.15, 0.2) is 0 Å². The van der Waals surface area contributed by atoms with Crippen LogP contribution in [0.4, 0.5) is 9.93 Å². The number of anilines is 1. The third kappa shape index (κ3) is 2.82. The number of piperidine rings is 1. The minimum Gasteiger partial charge on any atom is -0.465 e. The Morgan fingerprint density at radius 1 is 1.53 bits per heavy atom. The third-order valence-electron chi connectivity index (χ3n) is 2.61. The molecule has 0 bridgehead atoms. The van der Waals surface area contributed by atoms with Crippen molar-refractivity contribution in [2.75, 3.05) is 18.4 Å². The van der Waals surface area contributed by atoms with Crippen LogP contribution >= 0.6 is 11.3 Å². The summed E-state index contributed by atoms with van der Waals surface area (Å²) in [5, 5.41) is 29.1. The van der Waals surface area contributed by atoms with Crippen molar-refractivity contribution in [3.8, 4) is 6.07 Å². The lowest BCUT2D eigenvalue weighted by Gasteiger charge is -2.30. The van der Waals surface area contributed by atoms with Crippen LogP contribution in [0.1, 0.15) is 17.8 Å². The van der Waals surface area contributed by atoms with Gasteiger partial charge in [0, 0.05) is 19.1 Å². The van der Waals surface area contributed by atoms with Crippen LogP contribution in [-0.4, -0.2) is 45.4 Å². The Morgan fingerprint density at radius 3 is 2.76 bits per heavy atom. The topological polar surface area (TPSA) is 102 Å². The van der Waals surface area contributed by atoms with Gasteiger partial charge in [-0.05, 0) is 12.8 Å². The van der Waals surface area contributed by atoms with Crippen LogP contribution in [0.2, 0.25) is 0 Å². The standard InChI is InChI=1S/C9H11N5O2S/c10-5-7-12-13-8(17-7)11-6-1-3-14(4-2-6)9(15)16/h6H,1-4H2,(H,11,13)(H,15,16). The summed E-state index contributed by atoms with van der Waals surface area (Å²) in [5.41, 5.74) is 0. The van der Waals surface area contributed by atoms with Crippen molar-refractivity contribution in [2.24, 2.45) is 0 Å². The molecule has 1 saturated heterocycles. The summed E-state index contributed by atoms with van der Waals surface area (Å²) in [6.45, 7) is 1.05. The fourth-order valence-electron chi connectivity index (χ4n) is 1.72. The van der Waals surface area contributed by atoms with E-state index in [1.54, 1.807) is 0 Å². The Morgan fingerprint density at radius 2 is 2.24 bits per heavy atom. The molecule has 0 aromatic carbocycles. The molecule has 8 heteroatoms. The van der Waals surface area contributed by atoms with Gasteiger partial charge < -0.3 is 15.3 Å². The van der Waals surface area contributed by atoms with E-state index in [4.69, 9.17) is 10.4 Å². The minimum atomic E-state index is -0.869. The van der Waals surface area contributed by atoms with E-state index in [1.165, 1.54) is 16.2 Å². The fourth-order valence-corrected chi connectivity index (χ4v) is 2.33. The van der Waals surface area contributed by atoms with E-state index in [9.17, 15) is 4.79 Å². The van der Waals surface area contributed by atoms with E-state index in [1.807, 2.05) is 6.07 Å². The summed E-state index contributed by atoms with van der Waals surface area (Å²) < 4.78 is 0. The number of nitrogens with zero attached hydrogens (tertiary/aromatic N) is 4. The molecule has 0 aliphatic carbocycles. The largest absolute Gasteiger partial charge is 0.465 e. The Balaban J connectivity index is 1.86. The zero-order valence-electron chi connectivity index (χ0n) is 8.96. The number of nitrogens with one attached hydrogen (secondary N) is 1. The molecule has 0 saturated carbocycles. The van der Waals surface area contributed by atoms with E-state index in [-0.39, 0.29) is 6.04 Å². The van der Waals surface area contributed by atoms with Crippen molar-refractivity contribution in [2.45, 2.75) is 18.9 Å². The molecule has 2 rings (SSSR count). The molecule has 0 radical (unpaired) electrons. The summed E-state index contributed by atoms with van der Waals surface area (Å²) in [4.78, 5) is 12.1. The molecule has 1 aliphatic heterocycles. The Labute approximate surface area is 102 Å². The average Bonchev–Trinajstić information content (AvgIpc) is 2.77. The Kier molecular flexibility index (Phi) is 3.39. The molecule has 2 N–H and O–H groups in total. The zero-order valence-corrected chi connectivity index (χ0v) is 9.77. The highest BCUT2D eigenvalue weighted by molar-refractivity contribution is 7.15. The number of hydrogen-bond donors (Lipinski definition) is 2. The Bertz CT molecular complexity index is 446. The summed E-state index contributed by atoms with van der Waals surface area (Å²) in [6, 6.07) is 2.12. The van der Waals surface area contributed by atoms with Gasteiger partial charge in [-0.2, -0.15) is 5.26 Å². The summed E-state index contributed by atoms with van der Waals surface area (Å²) >= 11 is 1.21. The second-order valence-corrected chi connectivity index (χ2v) is 4.69. The van der Waals surface area contributed by atoms with E-state index >= 15 is 0 Å². The van der Waals surface area contributed by atoms with Gasteiger partial charge >= 0.3 is 6.09 Å². The SMILES string of the molecule is N#Cc1nnc(NC2CCN(C(=O)O)CC2)s1. The van der Waals surface area contributed by atoms with Crippen molar-refractivity contribution in [3.63, 3.8) is 0 Å². The quantitative estimate of drug-likeness (QED) is 0.814. The highest BCUT2D eigenvalue weighted by Crippen LogP contribution is 2.19. The summed E-state index contributed by atoms with van der Waals surface area (Å²) in [7, 11) is 0. The molecular formula is C9H11N5O2S. The van der Waals surface area contributed by atoms with Gasteiger partial charge in [-0.15, -0.1) is 10.2 Å². The van der Waals surface area contributed by atoms with Crippen LogP contribution in [0, 0.1) is 11.3 Å². The maximum absolute atomic E-state index is 10.7. The van der Waals surface area contributed by atoms with E-state index < -0.39 is 6.09 Å². The number of rotatable bonds is 2. The lowest BCUT2D eigenvalue weighted by molar-refractivity contribution is 0.134. The van der Waals surface area contributed by atoms with Crippen molar-refractivity contribution in [1.29, 1.82) is 5.26 Å². The van der Waals surface area contributed by atoms with Crippen LogP contribution in [0.25, 0.3) is 0 Å². The second kappa shape index (κ2) is 4.97.